The van der Waals surface area contributed by atoms with E-state index in [1.54, 1.807) is 0 Å². The maximum absolute atomic E-state index is 13.5. The second-order valence-corrected chi connectivity index (χ2v) is 4.27. The molecule has 0 atom stereocenters. The quantitative estimate of drug-likeness (QED) is 0.761. The number of hydrogen-bond acceptors (Lipinski definition) is 2. The van der Waals surface area contributed by atoms with Crippen LogP contribution in [0, 0.1) is 11.6 Å². The van der Waals surface area contributed by atoms with Crippen molar-refractivity contribution in [3.8, 4) is 0 Å². The predicted octanol–water partition coefficient (Wildman–Crippen LogP) is 1.80. The van der Waals surface area contributed by atoms with Crippen LogP contribution in [0.3, 0.4) is 0 Å². The second kappa shape index (κ2) is 3.51. The minimum Gasteiger partial charge on any atom is -0.323 e. The molecule has 0 spiro atoms. The lowest BCUT2D eigenvalue weighted by Gasteiger charge is -2.16. The molecule has 1 fully saturated rings. The summed E-state index contributed by atoms with van der Waals surface area (Å²) in [5.74, 6) is -2.59. The Kier molecular flexibility index (Phi) is 2.38. The van der Waals surface area contributed by atoms with Gasteiger partial charge in [-0.1, -0.05) is 6.07 Å². The number of para-hydroxylation sites is 1. The third-order valence-electron chi connectivity index (χ3n) is 2.52. The van der Waals surface area contributed by atoms with Crippen LogP contribution in [0.1, 0.15) is 13.8 Å². The van der Waals surface area contributed by atoms with Crippen molar-refractivity contribution in [1.82, 2.24) is 5.32 Å². The van der Waals surface area contributed by atoms with Gasteiger partial charge in [-0.05, 0) is 26.0 Å². The highest BCUT2D eigenvalue weighted by Crippen LogP contribution is 2.29. The van der Waals surface area contributed by atoms with Crippen molar-refractivity contribution in [3.05, 3.63) is 29.8 Å². The lowest BCUT2D eigenvalue weighted by atomic mass is 10.1. The summed E-state index contributed by atoms with van der Waals surface area (Å²) >= 11 is 0. The molecule has 4 nitrogen and oxygen atoms in total. The Morgan fingerprint density at radius 2 is 1.71 bits per heavy atom. The maximum atomic E-state index is 13.5. The molecule has 1 heterocycles. The van der Waals surface area contributed by atoms with Crippen molar-refractivity contribution in [2.75, 3.05) is 4.90 Å². The van der Waals surface area contributed by atoms with Crippen molar-refractivity contribution in [2.45, 2.75) is 19.4 Å². The highest BCUT2D eigenvalue weighted by molar-refractivity contribution is 6.23. The Morgan fingerprint density at radius 1 is 1.18 bits per heavy atom. The van der Waals surface area contributed by atoms with Crippen molar-refractivity contribution in [1.29, 1.82) is 0 Å². The van der Waals surface area contributed by atoms with Crippen LogP contribution in [0.15, 0.2) is 18.2 Å². The van der Waals surface area contributed by atoms with Crippen molar-refractivity contribution in [2.24, 2.45) is 0 Å². The van der Waals surface area contributed by atoms with Crippen LogP contribution in [-0.2, 0) is 4.79 Å². The first-order chi connectivity index (χ1) is 7.84. The van der Waals surface area contributed by atoms with Crippen LogP contribution in [-0.4, -0.2) is 17.5 Å². The van der Waals surface area contributed by atoms with Crippen molar-refractivity contribution >= 4 is 17.6 Å². The first-order valence-corrected chi connectivity index (χ1v) is 4.95. The summed E-state index contributed by atoms with van der Waals surface area (Å²) in [6.45, 7) is 2.93. The molecule has 90 valence electrons. The third-order valence-corrected chi connectivity index (χ3v) is 2.52. The van der Waals surface area contributed by atoms with E-state index >= 15 is 0 Å². The molecule has 1 aliphatic rings. The largest absolute Gasteiger partial charge is 0.329 e. The van der Waals surface area contributed by atoms with E-state index in [-0.39, 0.29) is 0 Å². The highest BCUT2D eigenvalue weighted by Gasteiger charge is 2.46. The molecule has 0 bridgehead atoms. The molecule has 0 aliphatic carbocycles. The standard InChI is InChI=1S/C11H10F2N2O2/c1-11(2)9(16)15(10(17)14-11)8-6(12)4-3-5-7(8)13/h3-5H,1-2H3,(H,14,17). The number of benzene rings is 1. The van der Waals surface area contributed by atoms with Gasteiger partial charge in [-0.3, -0.25) is 4.79 Å². The number of nitrogens with zero attached hydrogens (tertiary/aromatic N) is 1. The zero-order valence-electron chi connectivity index (χ0n) is 9.25. The van der Waals surface area contributed by atoms with Gasteiger partial charge in [0.15, 0.2) is 0 Å². The summed E-state index contributed by atoms with van der Waals surface area (Å²) in [5.41, 5.74) is -1.80. The average Bonchev–Trinajstić information content (AvgIpc) is 2.39. The monoisotopic (exact) mass is 240 g/mol. The maximum Gasteiger partial charge on any atom is 0.329 e. The van der Waals surface area contributed by atoms with Crippen LogP contribution in [0.4, 0.5) is 19.3 Å². The summed E-state index contributed by atoms with van der Waals surface area (Å²) < 4.78 is 27.0. The zero-order chi connectivity index (χ0) is 12.8. The number of carbonyl (C=O) groups excluding carboxylic acids is 2. The van der Waals surface area contributed by atoms with Crippen LogP contribution < -0.4 is 10.2 Å². The van der Waals surface area contributed by atoms with Crippen molar-refractivity contribution < 1.29 is 18.4 Å². The molecule has 1 aliphatic heterocycles. The number of hydrogen-bond donors (Lipinski definition) is 1. The fourth-order valence-corrected chi connectivity index (χ4v) is 1.65. The smallest absolute Gasteiger partial charge is 0.323 e. The fraction of sp³-hybridized carbons (Fsp3) is 0.273. The number of rotatable bonds is 1. The first-order valence-electron chi connectivity index (χ1n) is 4.95. The number of anilines is 1. The Bertz CT molecular complexity index is 494. The fourth-order valence-electron chi connectivity index (χ4n) is 1.65. The summed E-state index contributed by atoms with van der Waals surface area (Å²) in [6.07, 6.45) is 0. The number of amides is 3. The van der Waals surface area contributed by atoms with Gasteiger partial charge in [-0.25, -0.2) is 18.5 Å². The molecule has 1 aromatic carbocycles. The van der Waals surface area contributed by atoms with E-state index in [9.17, 15) is 18.4 Å². The molecule has 2 rings (SSSR count). The van der Waals surface area contributed by atoms with Gasteiger partial charge < -0.3 is 5.32 Å². The molecule has 0 unspecified atom stereocenters. The predicted molar refractivity (Wildman–Crippen MR) is 56.5 cm³/mol. The lowest BCUT2D eigenvalue weighted by molar-refractivity contribution is -0.121. The molecule has 1 N–H and O–H groups in total. The van der Waals surface area contributed by atoms with Crippen LogP contribution in [0.25, 0.3) is 0 Å². The van der Waals surface area contributed by atoms with E-state index in [1.807, 2.05) is 0 Å². The lowest BCUT2D eigenvalue weighted by Crippen LogP contribution is -2.40. The average molecular weight is 240 g/mol. The third kappa shape index (κ3) is 1.65. The van der Waals surface area contributed by atoms with Crippen LogP contribution in [0.2, 0.25) is 0 Å². The molecule has 6 heteroatoms. The van der Waals surface area contributed by atoms with E-state index in [2.05, 4.69) is 5.32 Å². The van der Waals surface area contributed by atoms with E-state index in [1.165, 1.54) is 13.8 Å². The van der Waals surface area contributed by atoms with Gasteiger partial charge in [0.1, 0.15) is 22.9 Å². The molecular formula is C11H10F2N2O2. The number of imide groups is 1. The minimum atomic E-state index is -1.16. The zero-order valence-corrected chi connectivity index (χ0v) is 9.25. The topological polar surface area (TPSA) is 49.4 Å². The Balaban J connectivity index is 2.55. The van der Waals surface area contributed by atoms with E-state index < -0.39 is 34.8 Å². The molecule has 3 amide bonds. The molecule has 1 aromatic rings. The second-order valence-electron chi connectivity index (χ2n) is 4.27. The van der Waals surface area contributed by atoms with Gasteiger partial charge in [0.05, 0.1) is 0 Å². The number of nitrogens with one attached hydrogen (secondary N) is 1. The summed E-state index contributed by atoms with van der Waals surface area (Å²) in [6, 6.07) is 2.32. The summed E-state index contributed by atoms with van der Waals surface area (Å²) in [5, 5.41) is 2.35. The van der Waals surface area contributed by atoms with E-state index in [0.29, 0.717) is 4.90 Å². The van der Waals surface area contributed by atoms with Gasteiger partial charge in [-0.2, -0.15) is 0 Å². The summed E-state index contributed by atoms with van der Waals surface area (Å²) in [7, 11) is 0. The SMILES string of the molecule is CC1(C)NC(=O)N(c2c(F)cccc2F)C1=O. The number of urea groups is 1. The van der Waals surface area contributed by atoms with Gasteiger partial charge in [0.2, 0.25) is 0 Å². The highest BCUT2D eigenvalue weighted by atomic mass is 19.1. The Hall–Kier alpha value is -1.98. The molecule has 0 aromatic heterocycles. The summed E-state index contributed by atoms with van der Waals surface area (Å²) in [4.78, 5) is 23.9. The molecule has 0 radical (unpaired) electrons. The molecular weight excluding hydrogens is 230 g/mol. The van der Waals surface area contributed by atoms with Crippen molar-refractivity contribution in [3.63, 3.8) is 0 Å². The van der Waals surface area contributed by atoms with Gasteiger partial charge >= 0.3 is 6.03 Å². The Morgan fingerprint density at radius 3 is 2.12 bits per heavy atom. The van der Waals surface area contributed by atoms with Gasteiger partial charge in [-0.15, -0.1) is 0 Å². The normalized spacial score (nSPS) is 18.5. The van der Waals surface area contributed by atoms with Gasteiger partial charge in [0, 0.05) is 0 Å². The van der Waals surface area contributed by atoms with E-state index in [0.717, 1.165) is 18.2 Å². The minimum absolute atomic E-state index is 0.491. The number of halogens is 2. The molecule has 0 saturated carbocycles. The molecule has 17 heavy (non-hydrogen) atoms. The van der Waals surface area contributed by atoms with Gasteiger partial charge in [0.25, 0.3) is 5.91 Å². The first kappa shape index (κ1) is 11.5. The Labute approximate surface area is 96.2 Å². The van der Waals surface area contributed by atoms with Crippen LogP contribution in [0.5, 0.6) is 0 Å². The number of carbonyl (C=O) groups is 2. The van der Waals surface area contributed by atoms with E-state index in [4.69, 9.17) is 0 Å². The van der Waals surface area contributed by atoms with Crippen LogP contribution >= 0.6 is 0 Å². The molecule has 1 saturated heterocycles.